The summed E-state index contributed by atoms with van der Waals surface area (Å²) >= 11 is 0. The van der Waals surface area contributed by atoms with Gasteiger partial charge in [-0.2, -0.15) is 5.26 Å². The van der Waals surface area contributed by atoms with E-state index in [0.29, 0.717) is 60.6 Å². The minimum Gasteiger partial charge on any atom is -0.449 e. The van der Waals surface area contributed by atoms with Crippen LogP contribution < -0.4 is 10.2 Å². The summed E-state index contributed by atoms with van der Waals surface area (Å²) in [5, 5.41) is 11.9. The number of ether oxygens (including phenoxy) is 2. The number of nitriles is 1. The molecule has 0 radical (unpaired) electrons. The summed E-state index contributed by atoms with van der Waals surface area (Å²) in [4.78, 5) is 31.3. The molecule has 1 N–H and O–H groups in total. The number of amides is 2. The van der Waals surface area contributed by atoms with Gasteiger partial charge in [0.25, 0.3) is 5.91 Å². The van der Waals surface area contributed by atoms with E-state index < -0.39 is 17.7 Å². The standard InChI is InChI=1S/C25H24FN5O4/c26-25(7-11-34-12-8-25)16-31-21-6-5-19(30-9-2-10-35-24(30)33)14-20(21)28-23(31)29-22(32)18-4-1-3-17(13-18)15-27/h1,3-6,13-14H,2,7-12,16H2,(H,28,29,32). The van der Waals surface area contributed by atoms with Gasteiger partial charge in [0.05, 0.1) is 35.8 Å². The van der Waals surface area contributed by atoms with E-state index in [-0.39, 0.29) is 25.3 Å². The number of cyclic esters (lactones) is 1. The van der Waals surface area contributed by atoms with Crippen LogP contribution in [0.1, 0.15) is 35.2 Å². The Hall–Kier alpha value is -3.97. The van der Waals surface area contributed by atoms with Gasteiger partial charge in [-0.05, 0) is 42.8 Å². The van der Waals surface area contributed by atoms with E-state index in [1.54, 1.807) is 41.0 Å². The number of aromatic nitrogens is 2. The number of halogens is 1. The fourth-order valence-electron chi connectivity index (χ4n) is 4.41. The first-order chi connectivity index (χ1) is 17.0. The van der Waals surface area contributed by atoms with Crippen LogP contribution >= 0.6 is 0 Å². The lowest BCUT2D eigenvalue weighted by atomic mass is 9.96. The molecule has 0 saturated carbocycles. The lowest BCUT2D eigenvalue weighted by molar-refractivity contribution is -0.0169. The van der Waals surface area contributed by atoms with Gasteiger partial charge in [0, 0.05) is 43.9 Å². The van der Waals surface area contributed by atoms with Gasteiger partial charge >= 0.3 is 6.09 Å². The second-order valence-corrected chi connectivity index (χ2v) is 8.72. The Kier molecular flexibility index (Phi) is 6.09. The Balaban J connectivity index is 1.52. The lowest BCUT2D eigenvalue weighted by Gasteiger charge is -2.30. The van der Waals surface area contributed by atoms with Crippen molar-refractivity contribution in [3.05, 3.63) is 53.6 Å². The van der Waals surface area contributed by atoms with Crippen molar-refractivity contribution in [3.63, 3.8) is 0 Å². The van der Waals surface area contributed by atoms with Crippen LogP contribution in [0, 0.1) is 11.3 Å². The van der Waals surface area contributed by atoms with Crippen molar-refractivity contribution in [2.45, 2.75) is 31.5 Å². The number of hydrogen-bond acceptors (Lipinski definition) is 6. The molecule has 0 unspecified atom stereocenters. The van der Waals surface area contributed by atoms with Crippen LogP contribution in [0.4, 0.5) is 20.8 Å². The maximum Gasteiger partial charge on any atom is 0.414 e. The molecule has 5 rings (SSSR count). The van der Waals surface area contributed by atoms with Crippen molar-refractivity contribution in [1.82, 2.24) is 9.55 Å². The maximum absolute atomic E-state index is 15.7. The normalized spacial score (nSPS) is 17.6. The van der Waals surface area contributed by atoms with Crippen LogP contribution in [0.15, 0.2) is 42.5 Å². The number of carbonyl (C=O) groups is 2. The molecule has 2 amide bonds. The number of alkyl halides is 1. The highest BCUT2D eigenvalue weighted by Crippen LogP contribution is 2.33. The van der Waals surface area contributed by atoms with Crippen LogP contribution in [0.3, 0.4) is 0 Å². The number of imidazole rings is 1. The second-order valence-electron chi connectivity index (χ2n) is 8.72. The Bertz CT molecular complexity index is 1330. The summed E-state index contributed by atoms with van der Waals surface area (Å²) in [6, 6.07) is 13.6. The highest BCUT2D eigenvalue weighted by Gasteiger charge is 2.34. The third kappa shape index (κ3) is 4.68. The van der Waals surface area contributed by atoms with Gasteiger partial charge in [0.15, 0.2) is 0 Å². The monoisotopic (exact) mass is 477 g/mol. The minimum atomic E-state index is -1.51. The molecule has 2 fully saturated rings. The smallest absolute Gasteiger partial charge is 0.414 e. The highest BCUT2D eigenvalue weighted by molar-refractivity contribution is 6.04. The molecule has 0 aliphatic carbocycles. The molecule has 2 aromatic carbocycles. The van der Waals surface area contributed by atoms with Crippen LogP contribution in [-0.4, -0.2) is 53.6 Å². The SMILES string of the molecule is N#Cc1cccc(C(=O)Nc2nc3cc(N4CCCOC4=O)ccc3n2CC2(F)CCOCC2)c1. The predicted octanol–water partition coefficient (Wildman–Crippen LogP) is 4.03. The van der Waals surface area contributed by atoms with Crippen molar-refractivity contribution >= 4 is 34.7 Å². The number of rotatable bonds is 5. The number of anilines is 2. The number of nitrogens with zero attached hydrogens (tertiary/aromatic N) is 4. The molecule has 10 heteroatoms. The third-order valence-corrected chi connectivity index (χ3v) is 6.33. The summed E-state index contributed by atoms with van der Waals surface area (Å²) < 4.78 is 27.8. The molecule has 3 heterocycles. The molecular formula is C25H24FN5O4. The number of fused-ring (bicyclic) bond motifs is 1. The molecule has 2 aliphatic rings. The molecule has 9 nitrogen and oxygen atoms in total. The summed E-state index contributed by atoms with van der Waals surface area (Å²) in [6.45, 7) is 1.56. The number of carbonyl (C=O) groups excluding carboxylic acids is 2. The average molecular weight is 477 g/mol. The van der Waals surface area contributed by atoms with Crippen molar-refractivity contribution in [1.29, 1.82) is 5.26 Å². The zero-order valence-electron chi connectivity index (χ0n) is 19.0. The Labute approximate surface area is 201 Å². The minimum absolute atomic E-state index is 0.00812. The Morgan fingerprint density at radius 2 is 2.03 bits per heavy atom. The van der Waals surface area contributed by atoms with Gasteiger partial charge in [-0.15, -0.1) is 0 Å². The maximum atomic E-state index is 15.7. The largest absolute Gasteiger partial charge is 0.449 e. The van der Waals surface area contributed by atoms with E-state index >= 15 is 4.39 Å². The van der Waals surface area contributed by atoms with E-state index in [4.69, 9.17) is 14.7 Å². The molecular weight excluding hydrogens is 453 g/mol. The zero-order chi connectivity index (χ0) is 24.4. The first-order valence-electron chi connectivity index (χ1n) is 11.5. The fourth-order valence-corrected chi connectivity index (χ4v) is 4.41. The van der Waals surface area contributed by atoms with E-state index in [2.05, 4.69) is 10.3 Å². The number of hydrogen-bond donors (Lipinski definition) is 1. The van der Waals surface area contributed by atoms with Crippen LogP contribution in [0.25, 0.3) is 11.0 Å². The van der Waals surface area contributed by atoms with E-state index in [1.165, 1.54) is 11.0 Å². The summed E-state index contributed by atoms with van der Waals surface area (Å²) in [5.41, 5.74) is 0.893. The van der Waals surface area contributed by atoms with Gasteiger partial charge in [-0.3, -0.25) is 15.0 Å². The molecule has 0 spiro atoms. The molecule has 35 heavy (non-hydrogen) atoms. The predicted molar refractivity (Wildman–Crippen MR) is 126 cm³/mol. The van der Waals surface area contributed by atoms with E-state index in [0.717, 1.165) is 0 Å². The molecule has 180 valence electrons. The van der Waals surface area contributed by atoms with Gasteiger partial charge in [0.2, 0.25) is 5.95 Å². The number of nitrogens with one attached hydrogen (secondary N) is 1. The summed E-state index contributed by atoms with van der Waals surface area (Å²) in [5.74, 6) is -0.271. The summed E-state index contributed by atoms with van der Waals surface area (Å²) in [7, 11) is 0. The Morgan fingerprint density at radius 3 is 2.80 bits per heavy atom. The fraction of sp³-hybridized carbons (Fsp3) is 0.360. The molecule has 0 atom stereocenters. The molecule has 0 bridgehead atoms. The van der Waals surface area contributed by atoms with E-state index in [1.807, 2.05) is 6.07 Å². The van der Waals surface area contributed by atoms with Gasteiger partial charge in [-0.1, -0.05) is 6.07 Å². The molecule has 1 aromatic heterocycles. The molecule has 2 saturated heterocycles. The molecule has 3 aromatic rings. The first-order valence-corrected chi connectivity index (χ1v) is 11.5. The highest BCUT2D eigenvalue weighted by atomic mass is 19.1. The van der Waals surface area contributed by atoms with Crippen LogP contribution in [-0.2, 0) is 16.0 Å². The van der Waals surface area contributed by atoms with E-state index in [9.17, 15) is 9.59 Å². The third-order valence-electron chi connectivity index (χ3n) is 6.33. The number of benzene rings is 2. The van der Waals surface area contributed by atoms with Crippen LogP contribution in [0.2, 0.25) is 0 Å². The van der Waals surface area contributed by atoms with Crippen molar-refractivity contribution < 1.29 is 23.5 Å². The zero-order valence-corrected chi connectivity index (χ0v) is 19.0. The first kappa shape index (κ1) is 22.8. The van der Waals surface area contributed by atoms with Gasteiger partial charge in [0.1, 0.15) is 5.67 Å². The Morgan fingerprint density at radius 1 is 1.20 bits per heavy atom. The van der Waals surface area contributed by atoms with Gasteiger partial charge in [-0.25, -0.2) is 14.2 Å². The van der Waals surface area contributed by atoms with Crippen molar-refractivity contribution in [2.75, 3.05) is 36.6 Å². The molecule has 2 aliphatic heterocycles. The van der Waals surface area contributed by atoms with Crippen LogP contribution in [0.5, 0.6) is 0 Å². The van der Waals surface area contributed by atoms with Crippen molar-refractivity contribution in [2.24, 2.45) is 0 Å². The quantitative estimate of drug-likeness (QED) is 0.594. The van der Waals surface area contributed by atoms with Gasteiger partial charge < -0.3 is 14.0 Å². The second kappa shape index (κ2) is 9.35. The topological polar surface area (TPSA) is 109 Å². The van der Waals surface area contributed by atoms with Crippen molar-refractivity contribution in [3.8, 4) is 6.07 Å². The summed E-state index contributed by atoms with van der Waals surface area (Å²) in [6.07, 6.45) is 0.767. The average Bonchev–Trinajstić information content (AvgIpc) is 3.20. The lowest BCUT2D eigenvalue weighted by Crippen LogP contribution is -2.37.